The normalized spacial score (nSPS) is 15.5. The van der Waals surface area contributed by atoms with Crippen LogP contribution in [0.15, 0.2) is 18.2 Å². The lowest BCUT2D eigenvalue weighted by Crippen LogP contribution is -2.49. The van der Waals surface area contributed by atoms with Gasteiger partial charge in [-0.15, -0.1) is 0 Å². The van der Waals surface area contributed by atoms with E-state index in [-0.39, 0.29) is 6.09 Å². The number of nitrogens with zero attached hydrogens (tertiary/aromatic N) is 2. The van der Waals surface area contributed by atoms with Crippen molar-refractivity contribution in [3.63, 3.8) is 0 Å². The topological polar surface area (TPSA) is 51.2 Å². The Kier molecular flexibility index (Phi) is 5.89. The lowest BCUT2D eigenvalue weighted by molar-refractivity contribution is 0.0914. The quantitative estimate of drug-likeness (QED) is 0.827. The van der Waals surface area contributed by atoms with Crippen LogP contribution >= 0.6 is 0 Å². The number of carbonyl (C=O) groups is 1. The molecule has 0 spiro atoms. The molecule has 6 nitrogen and oxygen atoms in total. The van der Waals surface area contributed by atoms with Crippen molar-refractivity contribution in [3.8, 4) is 11.5 Å². The molecule has 122 valence electrons. The lowest BCUT2D eigenvalue weighted by Gasteiger charge is -2.33. The van der Waals surface area contributed by atoms with E-state index in [1.165, 1.54) is 12.7 Å². The second kappa shape index (κ2) is 7.89. The van der Waals surface area contributed by atoms with Crippen LogP contribution in [-0.2, 0) is 11.2 Å². The van der Waals surface area contributed by atoms with Gasteiger partial charge in [-0.25, -0.2) is 4.79 Å². The molecule has 1 aliphatic heterocycles. The van der Waals surface area contributed by atoms with E-state index in [1.807, 2.05) is 12.1 Å². The first-order valence-electron chi connectivity index (χ1n) is 7.44. The van der Waals surface area contributed by atoms with E-state index in [0.717, 1.165) is 50.6 Å². The highest BCUT2D eigenvalue weighted by Crippen LogP contribution is 2.27. The minimum Gasteiger partial charge on any atom is -0.493 e. The molecule has 22 heavy (non-hydrogen) atoms. The van der Waals surface area contributed by atoms with E-state index in [4.69, 9.17) is 14.2 Å². The molecule has 0 atom stereocenters. The van der Waals surface area contributed by atoms with Crippen molar-refractivity contribution in [2.75, 3.05) is 54.1 Å². The summed E-state index contributed by atoms with van der Waals surface area (Å²) >= 11 is 0. The number of amides is 1. The van der Waals surface area contributed by atoms with Gasteiger partial charge in [0.25, 0.3) is 0 Å². The van der Waals surface area contributed by atoms with E-state index >= 15 is 0 Å². The summed E-state index contributed by atoms with van der Waals surface area (Å²) in [6, 6.07) is 6.01. The first kappa shape index (κ1) is 16.4. The van der Waals surface area contributed by atoms with Crippen molar-refractivity contribution in [1.29, 1.82) is 0 Å². The second-order valence-corrected chi connectivity index (χ2v) is 5.24. The first-order valence-corrected chi connectivity index (χ1v) is 7.44. The van der Waals surface area contributed by atoms with Crippen molar-refractivity contribution in [1.82, 2.24) is 9.80 Å². The Hall–Kier alpha value is -1.95. The van der Waals surface area contributed by atoms with Crippen LogP contribution in [0.5, 0.6) is 11.5 Å². The Morgan fingerprint density at radius 2 is 1.73 bits per heavy atom. The lowest BCUT2D eigenvalue weighted by atomic mass is 10.1. The van der Waals surface area contributed by atoms with E-state index in [1.54, 1.807) is 19.1 Å². The summed E-state index contributed by atoms with van der Waals surface area (Å²) in [5, 5.41) is 0. The maximum absolute atomic E-state index is 11.4. The van der Waals surface area contributed by atoms with Gasteiger partial charge in [-0.3, -0.25) is 4.90 Å². The molecule has 0 aliphatic carbocycles. The van der Waals surface area contributed by atoms with Crippen LogP contribution in [-0.4, -0.2) is 69.9 Å². The van der Waals surface area contributed by atoms with Crippen LogP contribution in [0.25, 0.3) is 0 Å². The standard InChI is InChI=1S/C16H24N2O4/c1-20-14-5-4-13(12-15(14)21-2)6-7-17-8-10-18(11-9-17)16(19)22-3/h4-5,12H,6-11H2,1-3H3. The van der Waals surface area contributed by atoms with Gasteiger partial charge in [-0.2, -0.15) is 0 Å². The van der Waals surface area contributed by atoms with Crippen LogP contribution in [0.3, 0.4) is 0 Å². The first-order chi connectivity index (χ1) is 10.7. The summed E-state index contributed by atoms with van der Waals surface area (Å²) in [5.74, 6) is 1.51. The molecule has 6 heteroatoms. The molecule has 1 aliphatic rings. The number of piperazine rings is 1. The predicted octanol–water partition coefficient (Wildman–Crippen LogP) is 1.63. The SMILES string of the molecule is COC(=O)N1CCN(CCc2ccc(OC)c(OC)c2)CC1. The minimum atomic E-state index is -0.237. The van der Waals surface area contributed by atoms with Gasteiger partial charge in [-0.1, -0.05) is 6.07 Å². The van der Waals surface area contributed by atoms with Gasteiger partial charge in [0.15, 0.2) is 11.5 Å². The Labute approximate surface area is 131 Å². The molecule has 1 heterocycles. The van der Waals surface area contributed by atoms with Gasteiger partial charge in [-0.05, 0) is 24.1 Å². The predicted molar refractivity (Wildman–Crippen MR) is 83.7 cm³/mol. The summed E-state index contributed by atoms with van der Waals surface area (Å²) in [7, 11) is 4.71. The van der Waals surface area contributed by atoms with E-state index in [0.29, 0.717) is 0 Å². The number of methoxy groups -OCH3 is 3. The van der Waals surface area contributed by atoms with Crippen molar-refractivity contribution in [2.24, 2.45) is 0 Å². The third-order valence-electron chi connectivity index (χ3n) is 3.97. The average Bonchev–Trinajstić information content (AvgIpc) is 2.59. The number of carbonyl (C=O) groups excluding carboxylic acids is 1. The van der Waals surface area contributed by atoms with Crippen LogP contribution in [0, 0.1) is 0 Å². The van der Waals surface area contributed by atoms with Crippen molar-refractivity contribution in [3.05, 3.63) is 23.8 Å². The van der Waals surface area contributed by atoms with Gasteiger partial charge in [0, 0.05) is 32.7 Å². The number of rotatable bonds is 5. The largest absolute Gasteiger partial charge is 0.493 e. The second-order valence-electron chi connectivity index (χ2n) is 5.24. The highest BCUT2D eigenvalue weighted by molar-refractivity contribution is 5.67. The Morgan fingerprint density at radius 1 is 1.05 bits per heavy atom. The van der Waals surface area contributed by atoms with E-state index in [9.17, 15) is 4.79 Å². The molecule has 0 aromatic heterocycles. The highest BCUT2D eigenvalue weighted by Gasteiger charge is 2.21. The fourth-order valence-corrected chi connectivity index (χ4v) is 2.61. The monoisotopic (exact) mass is 308 g/mol. The van der Waals surface area contributed by atoms with Crippen LogP contribution in [0.4, 0.5) is 4.79 Å². The molecule has 0 bridgehead atoms. The zero-order valence-corrected chi connectivity index (χ0v) is 13.5. The number of hydrogen-bond acceptors (Lipinski definition) is 5. The van der Waals surface area contributed by atoms with Gasteiger partial charge >= 0.3 is 6.09 Å². The molecular weight excluding hydrogens is 284 g/mol. The Bertz CT molecular complexity index is 499. The summed E-state index contributed by atoms with van der Waals surface area (Å²) in [4.78, 5) is 15.5. The molecule has 0 unspecified atom stereocenters. The van der Waals surface area contributed by atoms with Crippen LogP contribution < -0.4 is 9.47 Å². The van der Waals surface area contributed by atoms with Gasteiger partial charge in [0.2, 0.25) is 0 Å². The molecule has 0 radical (unpaired) electrons. The number of ether oxygens (including phenoxy) is 3. The molecule has 1 aromatic carbocycles. The molecule has 1 amide bonds. The molecule has 0 saturated carbocycles. The molecule has 1 fully saturated rings. The minimum absolute atomic E-state index is 0.237. The van der Waals surface area contributed by atoms with E-state index in [2.05, 4.69) is 11.0 Å². The van der Waals surface area contributed by atoms with Gasteiger partial charge < -0.3 is 19.1 Å². The Balaban J connectivity index is 1.83. The highest BCUT2D eigenvalue weighted by atomic mass is 16.5. The van der Waals surface area contributed by atoms with Crippen LogP contribution in [0.1, 0.15) is 5.56 Å². The van der Waals surface area contributed by atoms with Crippen molar-refractivity contribution < 1.29 is 19.0 Å². The van der Waals surface area contributed by atoms with Crippen molar-refractivity contribution in [2.45, 2.75) is 6.42 Å². The summed E-state index contributed by atoms with van der Waals surface area (Å²) in [5.41, 5.74) is 1.22. The van der Waals surface area contributed by atoms with E-state index < -0.39 is 0 Å². The van der Waals surface area contributed by atoms with Gasteiger partial charge in [0.1, 0.15) is 0 Å². The fourth-order valence-electron chi connectivity index (χ4n) is 2.61. The molecule has 0 N–H and O–H groups in total. The molecule has 2 rings (SSSR count). The molecule has 1 saturated heterocycles. The smallest absolute Gasteiger partial charge is 0.409 e. The number of benzene rings is 1. The zero-order valence-electron chi connectivity index (χ0n) is 13.5. The maximum atomic E-state index is 11.4. The molecule has 1 aromatic rings. The third kappa shape index (κ3) is 4.04. The number of hydrogen-bond donors (Lipinski definition) is 0. The Morgan fingerprint density at radius 3 is 2.32 bits per heavy atom. The third-order valence-corrected chi connectivity index (χ3v) is 3.97. The summed E-state index contributed by atoms with van der Waals surface area (Å²) in [6.07, 6.45) is 0.706. The molecular formula is C16H24N2O4. The van der Waals surface area contributed by atoms with Crippen molar-refractivity contribution >= 4 is 6.09 Å². The zero-order chi connectivity index (χ0) is 15.9. The summed E-state index contributed by atoms with van der Waals surface area (Å²) < 4.78 is 15.3. The average molecular weight is 308 g/mol. The summed E-state index contributed by atoms with van der Waals surface area (Å²) in [6.45, 7) is 4.16. The fraction of sp³-hybridized carbons (Fsp3) is 0.562. The van der Waals surface area contributed by atoms with Crippen LogP contribution in [0.2, 0.25) is 0 Å². The maximum Gasteiger partial charge on any atom is 0.409 e. The van der Waals surface area contributed by atoms with Gasteiger partial charge in [0.05, 0.1) is 21.3 Å².